The van der Waals surface area contributed by atoms with Crippen LogP contribution in [-0.4, -0.2) is 5.78 Å². The molecule has 0 aliphatic carbocycles. The van der Waals surface area contributed by atoms with Crippen molar-refractivity contribution in [3.63, 3.8) is 0 Å². The zero-order valence-electron chi connectivity index (χ0n) is 11.4. The maximum Gasteiger partial charge on any atom is 0.207 e. The lowest BCUT2D eigenvalue weighted by Gasteiger charge is -2.23. The topological polar surface area (TPSA) is 26.3 Å². The lowest BCUT2D eigenvalue weighted by molar-refractivity contribution is -0.129. The molecule has 1 unspecified atom stereocenters. The van der Waals surface area contributed by atoms with Gasteiger partial charge in [-0.15, -0.1) is 0 Å². The summed E-state index contributed by atoms with van der Waals surface area (Å²) >= 11 is 1.61. The fourth-order valence-electron chi connectivity index (χ4n) is 2.18. The Hall–Kier alpha value is -2.20. The standard InChI is InChI=1S/C17H13FO2S/c1-17(13-3-5-14(18)6-4-13)16(19)10-15(20-17)7-2-12-8-9-21-11-12/h2-11H,1H3. The van der Waals surface area contributed by atoms with Gasteiger partial charge in [-0.05, 0) is 47.5 Å². The van der Waals surface area contributed by atoms with Crippen LogP contribution in [0.4, 0.5) is 4.39 Å². The Morgan fingerprint density at radius 3 is 2.62 bits per heavy atom. The largest absolute Gasteiger partial charge is 0.475 e. The number of ketones is 1. The highest BCUT2D eigenvalue weighted by atomic mass is 32.1. The summed E-state index contributed by atoms with van der Waals surface area (Å²) in [6.07, 6.45) is 5.15. The van der Waals surface area contributed by atoms with Gasteiger partial charge in [-0.2, -0.15) is 11.3 Å². The number of hydrogen-bond donors (Lipinski definition) is 0. The van der Waals surface area contributed by atoms with Crippen LogP contribution >= 0.6 is 11.3 Å². The minimum Gasteiger partial charge on any atom is -0.475 e. The fraction of sp³-hybridized carbons (Fsp3) is 0.118. The second-order valence-electron chi connectivity index (χ2n) is 4.94. The number of halogens is 1. The molecule has 1 aromatic heterocycles. The summed E-state index contributed by atoms with van der Waals surface area (Å²) in [6, 6.07) is 7.80. The first-order chi connectivity index (χ1) is 10.1. The molecule has 1 aliphatic heterocycles. The average molecular weight is 300 g/mol. The molecule has 0 bridgehead atoms. The summed E-state index contributed by atoms with van der Waals surface area (Å²) in [5, 5.41) is 3.99. The first-order valence-corrected chi connectivity index (χ1v) is 7.44. The highest BCUT2D eigenvalue weighted by Gasteiger charge is 2.41. The smallest absolute Gasteiger partial charge is 0.207 e. The van der Waals surface area contributed by atoms with Crippen LogP contribution in [0.2, 0.25) is 0 Å². The molecule has 0 fully saturated rings. The molecule has 21 heavy (non-hydrogen) atoms. The van der Waals surface area contributed by atoms with E-state index in [4.69, 9.17) is 4.74 Å². The zero-order valence-corrected chi connectivity index (χ0v) is 12.2. The molecular formula is C17H13FO2S. The van der Waals surface area contributed by atoms with Gasteiger partial charge in [0.15, 0.2) is 5.60 Å². The van der Waals surface area contributed by atoms with Gasteiger partial charge in [0.2, 0.25) is 5.78 Å². The number of ether oxygens (including phenoxy) is 1. The molecule has 0 saturated carbocycles. The Bertz CT molecular complexity index is 714. The van der Waals surface area contributed by atoms with Crippen molar-refractivity contribution in [3.8, 4) is 0 Å². The van der Waals surface area contributed by atoms with Crippen molar-refractivity contribution in [3.05, 3.63) is 75.9 Å². The van der Waals surface area contributed by atoms with Crippen LogP contribution in [0, 0.1) is 5.82 Å². The highest BCUT2D eigenvalue weighted by Crippen LogP contribution is 2.35. The lowest BCUT2D eigenvalue weighted by Crippen LogP contribution is -2.29. The summed E-state index contributed by atoms with van der Waals surface area (Å²) in [4.78, 5) is 12.2. The molecule has 1 aromatic carbocycles. The van der Waals surface area contributed by atoms with Gasteiger partial charge in [-0.1, -0.05) is 18.2 Å². The number of hydrogen-bond acceptors (Lipinski definition) is 3. The van der Waals surface area contributed by atoms with Crippen molar-refractivity contribution in [2.75, 3.05) is 0 Å². The van der Waals surface area contributed by atoms with E-state index in [0.29, 0.717) is 11.3 Å². The molecule has 0 spiro atoms. The first kappa shape index (κ1) is 13.8. The monoisotopic (exact) mass is 300 g/mol. The van der Waals surface area contributed by atoms with E-state index >= 15 is 0 Å². The molecule has 2 heterocycles. The van der Waals surface area contributed by atoms with Gasteiger partial charge in [0, 0.05) is 11.6 Å². The number of benzene rings is 1. The third kappa shape index (κ3) is 2.67. The molecule has 3 rings (SSSR count). The lowest BCUT2D eigenvalue weighted by atomic mass is 9.92. The second kappa shape index (κ2) is 5.30. The third-order valence-electron chi connectivity index (χ3n) is 3.44. The van der Waals surface area contributed by atoms with Crippen molar-refractivity contribution >= 4 is 23.2 Å². The van der Waals surface area contributed by atoms with Crippen molar-refractivity contribution < 1.29 is 13.9 Å². The molecule has 0 amide bonds. The van der Waals surface area contributed by atoms with E-state index in [2.05, 4.69) is 0 Å². The predicted molar refractivity (Wildman–Crippen MR) is 81.3 cm³/mol. The quantitative estimate of drug-likeness (QED) is 0.845. The molecule has 0 radical (unpaired) electrons. The van der Waals surface area contributed by atoms with E-state index in [0.717, 1.165) is 5.56 Å². The minimum absolute atomic E-state index is 0.140. The summed E-state index contributed by atoms with van der Waals surface area (Å²) < 4.78 is 18.8. The Morgan fingerprint density at radius 2 is 1.95 bits per heavy atom. The van der Waals surface area contributed by atoms with Gasteiger partial charge >= 0.3 is 0 Å². The summed E-state index contributed by atoms with van der Waals surface area (Å²) in [5.74, 6) is 0.0374. The van der Waals surface area contributed by atoms with E-state index in [1.54, 1.807) is 36.5 Å². The van der Waals surface area contributed by atoms with Gasteiger partial charge in [-0.25, -0.2) is 4.39 Å². The summed E-state index contributed by atoms with van der Waals surface area (Å²) in [7, 11) is 0. The van der Waals surface area contributed by atoms with Gasteiger partial charge < -0.3 is 4.74 Å². The average Bonchev–Trinajstić information content (AvgIpc) is 3.07. The number of thiophene rings is 1. The maximum absolute atomic E-state index is 13.0. The van der Waals surface area contributed by atoms with Gasteiger partial charge in [0.1, 0.15) is 11.6 Å². The fourth-order valence-corrected chi connectivity index (χ4v) is 2.81. The van der Waals surface area contributed by atoms with E-state index in [9.17, 15) is 9.18 Å². The predicted octanol–water partition coefficient (Wildman–Crippen LogP) is 4.30. The van der Waals surface area contributed by atoms with Crippen LogP contribution in [0.1, 0.15) is 18.1 Å². The van der Waals surface area contributed by atoms with Crippen LogP contribution in [0.15, 0.2) is 59.0 Å². The molecule has 4 heteroatoms. The van der Waals surface area contributed by atoms with Crippen molar-refractivity contribution in [2.24, 2.45) is 0 Å². The normalized spacial score (nSPS) is 21.6. The molecule has 1 aliphatic rings. The van der Waals surface area contributed by atoms with Crippen LogP contribution < -0.4 is 0 Å². The van der Waals surface area contributed by atoms with Crippen LogP contribution in [0.3, 0.4) is 0 Å². The Kier molecular flexibility index (Phi) is 3.47. The highest BCUT2D eigenvalue weighted by molar-refractivity contribution is 7.08. The molecule has 2 nitrogen and oxygen atoms in total. The Morgan fingerprint density at radius 1 is 1.19 bits per heavy atom. The SMILES string of the molecule is CC1(c2ccc(F)cc2)OC(C=Cc2ccsc2)=CC1=O. The molecule has 0 saturated heterocycles. The maximum atomic E-state index is 13.0. The molecular weight excluding hydrogens is 287 g/mol. The van der Waals surface area contributed by atoms with Crippen LogP contribution in [-0.2, 0) is 15.1 Å². The molecule has 106 valence electrons. The van der Waals surface area contributed by atoms with E-state index in [-0.39, 0.29) is 11.6 Å². The van der Waals surface area contributed by atoms with Gasteiger partial charge in [0.25, 0.3) is 0 Å². The summed E-state index contributed by atoms with van der Waals surface area (Å²) in [5.41, 5.74) is 0.624. The second-order valence-corrected chi connectivity index (χ2v) is 5.72. The van der Waals surface area contributed by atoms with E-state index < -0.39 is 5.60 Å². The van der Waals surface area contributed by atoms with Crippen LogP contribution in [0.25, 0.3) is 6.08 Å². The van der Waals surface area contributed by atoms with E-state index in [1.165, 1.54) is 18.2 Å². The number of carbonyl (C=O) groups excluding carboxylic acids is 1. The Balaban J connectivity index is 1.82. The summed E-state index contributed by atoms with van der Waals surface area (Å²) in [6.45, 7) is 1.70. The number of rotatable bonds is 3. The number of allylic oxidation sites excluding steroid dienone is 1. The van der Waals surface area contributed by atoms with Crippen molar-refractivity contribution in [2.45, 2.75) is 12.5 Å². The zero-order chi connectivity index (χ0) is 14.9. The van der Waals surface area contributed by atoms with Crippen molar-refractivity contribution in [1.82, 2.24) is 0 Å². The van der Waals surface area contributed by atoms with Gasteiger partial charge in [0.05, 0.1) is 0 Å². The van der Waals surface area contributed by atoms with Gasteiger partial charge in [-0.3, -0.25) is 4.79 Å². The number of carbonyl (C=O) groups is 1. The van der Waals surface area contributed by atoms with Crippen LogP contribution in [0.5, 0.6) is 0 Å². The first-order valence-electron chi connectivity index (χ1n) is 6.49. The third-order valence-corrected chi connectivity index (χ3v) is 4.15. The molecule has 1 atom stereocenters. The molecule has 0 N–H and O–H groups in total. The minimum atomic E-state index is -1.08. The van der Waals surface area contributed by atoms with Crippen molar-refractivity contribution in [1.29, 1.82) is 0 Å². The van der Waals surface area contributed by atoms with E-state index in [1.807, 2.05) is 22.9 Å². The molecule has 2 aromatic rings. The Labute approximate surface area is 126 Å².